The van der Waals surface area contributed by atoms with Gasteiger partial charge in [0.1, 0.15) is 48.3 Å². The van der Waals surface area contributed by atoms with Gasteiger partial charge in [-0.25, -0.2) is 0 Å². The molecule has 1 aromatic heterocycles. The van der Waals surface area contributed by atoms with Crippen molar-refractivity contribution in [2.75, 3.05) is 44.4 Å². The number of hydrogen-bond acceptors (Lipinski definition) is 18. The molecule has 2 unspecified atom stereocenters. The molecule has 0 saturated carbocycles. The molecule has 6 heterocycles. The number of aromatic nitrogens is 1. The Morgan fingerprint density at radius 2 is 1.41 bits per heavy atom. The molecule has 3 aromatic rings. The number of amides is 13. The number of nitrogens with zero attached hydrogens (tertiary/aromatic N) is 2. The number of rotatable bonds is 21. The Labute approximate surface area is 540 Å². The van der Waals surface area contributed by atoms with E-state index in [1.807, 2.05) is 25.1 Å². The average Bonchev–Trinajstić information content (AvgIpc) is 1.72. The summed E-state index contributed by atoms with van der Waals surface area (Å²) in [5.41, 5.74) is 2.53. The monoisotopic (exact) mass is 1310 g/mol. The third-order valence-electron chi connectivity index (χ3n) is 16.7. The predicted molar refractivity (Wildman–Crippen MR) is 337 cm³/mol. The second-order valence-electron chi connectivity index (χ2n) is 23.8. The maximum atomic E-state index is 14.8. The smallest absolute Gasteiger partial charge is 0.253 e. The molecule has 31 heteroatoms. The van der Waals surface area contributed by atoms with Gasteiger partial charge in [-0.1, -0.05) is 71.4 Å². The van der Waals surface area contributed by atoms with Crippen LogP contribution in [-0.2, 0) is 75.3 Å². The molecular weight excluding hydrogens is 1230 g/mol. The van der Waals surface area contributed by atoms with Crippen molar-refractivity contribution in [3.63, 3.8) is 0 Å². The van der Waals surface area contributed by atoms with Crippen LogP contribution in [0, 0.1) is 17.8 Å². The predicted octanol–water partition coefficient (Wildman–Crippen LogP) is -2.92. The van der Waals surface area contributed by atoms with Gasteiger partial charge >= 0.3 is 0 Å². The number of aliphatic hydroxyl groups excluding tert-OH is 3. The van der Waals surface area contributed by atoms with Gasteiger partial charge in [-0.2, -0.15) is 0 Å². The van der Waals surface area contributed by atoms with Gasteiger partial charge in [-0.05, 0) is 60.4 Å². The van der Waals surface area contributed by atoms with Crippen LogP contribution in [0.25, 0.3) is 10.9 Å². The van der Waals surface area contributed by atoms with Crippen molar-refractivity contribution in [2.45, 2.75) is 146 Å². The van der Waals surface area contributed by atoms with Crippen LogP contribution in [0.15, 0.2) is 77.5 Å². The van der Waals surface area contributed by atoms with E-state index in [-0.39, 0.29) is 32.5 Å². The summed E-state index contributed by atoms with van der Waals surface area (Å²) in [5, 5.41) is 62.8. The molecule has 30 nitrogen and oxygen atoms in total. The van der Waals surface area contributed by atoms with Crippen molar-refractivity contribution >= 4 is 105 Å². The quantitative estimate of drug-likeness (QED) is 0.0289. The Kier molecular flexibility index (Phi) is 24.8. The van der Waals surface area contributed by atoms with Crippen molar-refractivity contribution in [2.24, 2.45) is 17.8 Å². The van der Waals surface area contributed by atoms with Gasteiger partial charge in [0.2, 0.25) is 65.0 Å². The molecule has 2 aromatic carbocycles. The fourth-order valence-corrected chi connectivity index (χ4v) is 11.5. The number of thioether (sulfide) groups is 1. The Morgan fingerprint density at radius 1 is 0.742 bits per heavy atom. The Bertz CT molecular complexity index is 3390. The Hall–Kier alpha value is -9.20. The molecular formula is C62H82N14O16S. The summed E-state index contributed by atoms with van der Waals surface area (Å²) < 4.78 is 0. The number of aromatic amines is 1. The molecule has 93 heavy (non-hydrogen) atoms. The van der Waals surface area contributed by atoms with E-state index in [2.05, 4.69) is 63.5 Å². The first-order chi connectivity index (χ1) is 44.2. The van der Waals surface area contributed by atoms with E-state index in [0.29, 0.717) is 39.3 Å². The van der Waals surface area contributed by atoms with Gasteiger partial charge in [-0.15, -0.1) is 11.8 Å². The summed E-state index contributed by atoms with van der Waals surface area (Å²) in [7, 11) is 0. The highest BCUT2D eigenvalue weighted by molar-refractivity contribution is 7.98. The van der Waals surface area contributed by atoms with E-state index in [9.17, 15) is 77.6 Å². The number of imide groups is 1. The lowest BCUT2D eigenvalue weighted by Crippen LogP contribution is -2.62. The molecule has 5 aliphatic heterocycles. The number of fused-ring (bicyclic) bond motifs is 18. The zero-order chi connectivity index (χ0) is 68.0. The SMILES string of the molecule is CC[C@H](C)[C@@H]1NC(=O)CNC(=O)[C@H](Cc2c(SC)[nH]c3ccccc23)NC(=O)[C@H]([C@@H](C)[C@@H](O)CO)NC(=O)[C@@H]2C[C@@H](O)CN2C(=O)[C@H](CC(=O)NCc2ccc(NC(=O)[C@H](C)NC(=O)C(NC(=O)CCN3C(=O)C=CC3=O)C(C)C)cc2)NC(=O)C2C=C(CNC1=O)N2. The third kappa shape index (κ3) is 18.5. The molecule has 8 rings (SSSR count). The summed E-state index contributed by atoms with van der Waals surface area (Å²) in [4.78, 5) is 182. The number of aliphatic hydroxyl groups is 3. The van der Waals surface area contributed by atoms with Crippen LogP contribution in [0.3, 0.4) is 0 Å². The molecule has 502 valence electrons. The fraction of sp³-hybridized carbons (Fsp3) is 0.500. The molecule has 0 aliphatic carbocycles. The fourth-order valence-electron chi connectivity index (χ4n) is 10.9. The van der Waals surface area contributed by atoms with Gasteiger partial charge in [0.15, 0.2) is 0 Å². The minimum Gasteiger partial charge on any atom is -0.394 e. The normalized spacial score (nSPS) is 23.4. The van der Waals surface area contributed by atoms with Gasteiger partial charge in [0, 0.05) is 79.3 Å². The summed E-state index contributed by atoms with van der Waals surface area (Å²) >= 11 is 1.34. The molecule has 2 fully saturated rings. The van der Waals surface area contributed by atoms with Crippen LogP contribution in [0.1, 0.15) is 78.4 Å². The highest BCUT2D eigenvalue weighted by Crippen LogP contribution is 2.30. The lowest BCUT2D eigenvalue weighted by atomic mass is 9.93. The topological polar surface area (TPSA) is 437 Å². The second-order valence-corrected chi connectivity index (χ2v) is 24.6. The van der Waals surface area contributed by atoms with Crippen LogP contribution in [0.2, 0.25) is 0 Å². The minimum absolute atomic E-state index is 0.125. The third-order valence-corrected chi connectivity index (χ3v) is 17.4. The number of para-hydroxylation sites is 1. The van der Waals surface area contributed by atoms with Crippen molar-refractivity contribution in [1.82, 2.24) is 68.0 Å². The van der Waals surface area contributed by atoms with Crippen LogP contribution >= 0.6 is 11.8 Å². The molecule has 0 radical (unpaired) electrons. The number of H-pyrrole nitrogens is 1. The lowest BCUT2D eigenvalue weighted by molar-refractivity contribution is -0.144. The zero-order valence-electron chi connectivity index (χ0n) is 52.6. The van der Waals surface area contributed by atoms with Crippen LogP contribution < -0.4 is 58.5 Å². The minimum atomic E-state index is -1.74. The van der Waals surface area contributed by atoms with E-state index in [4.69, 9.17) is 0 Å². The Balaban J connectivity index is 1.07. The van der Waals surface area contributed by atoms with Crippen LogP contribution in [0.5, 0.6) is 0 Å². The van der Waals surface area contributed by atoms with E-state index in [0.717, 1.165) is 27.5 Å². The summed E-state index contributed by atoms with van der Waals surface area (Å²) in [6.45, 7) is 7.26. The molecule has 2 saturated heterocycles. The molecule has 5 aliphatic rings. The molecule has 15 N–H and O–H groups in total. The Morgan fingerprint density at radius 3 is 2.06 bits per heavy atom. The van der Waals surface area contributed by atoms with Gasteiger partial charge in [0.25, 0.3) is 11.8 Å². The molecule has 0 spiro atoms. The summed E-state index contributed by atoms with van der Waals surface area (Å²) in [6.07, 6.45) is 1.40. The largest absolute Gasteiger partial charge is 0.394 e. The second kappa shape index (κ2) is 32.4. The van der Waals surface area contributed by atoms with Crippen molar-refractivity contribution in [3.8, 4) is 0 Å². The first kappa shape index (κ1) is 71.2. The lowest BCUT2D eigenvalue weighted by Gasteiger charge is -2.33. The van der Waals surface area contributed by atoms with Gasteiger partial charge in [0.05, 0.1) is 43.4 Å². The van der Waals surface area contributed by atoms with Crippen LogP contribution in [-0.4, -0.2) is 206 Å². The molecule has 13 amide bonds. The first-order valence-corrected chi connectivity index (χ1v) is 31.9. The van der Waals surface area contributed by atoms with Crippen molar-refractivity contribution in [3.05, 3.63) is 83.6 Å². The van der Waals surface area contributed by atoms with E-state index in [1.54, 1.807) is 45.2 Å². The maximum absolute atomic E-state index is 14.8. The standard InChI is InChI=1S/C62H82N14O16S/c1-8-31(4)52-58(89)64-26-36-21-41(67-36)56(87)70-43(24-47(81)63-25-34-13-15-35(16-14-34)68-54(85)33(6)66-59(90)51(30(2)3)72-46(80)19-20-75-49(83)17-18-50(75)84)62(92)76-28-37(78)22-44(76)57(88)74-53(32(5)45(79)29-77)60(91)69-42(55(86)65-27-48(82)73-52)23-39-38-11-9-10-12-40(38)71-61(39)93-7/h9-18,21,30-33,37,41-45,51-53,67,71,77-79H,8,19-20,22-29H2,1-7H3,(H,63,81)(H,64,89)(H,65,86)(H,66,90)(H,68,85)(H,69,91)(H,70,87)(H,72,80)(H,73,82)(H,74,88)/t31-,32-,33-,37+,41?,42-,43-,44-,45-,51?,52-,53-/m0/s1. The van der Waals surface area contributed by atoms with Crippen molar-refractivity contribution in [1.29, 1.82) is 0 Å². The number of anilines is 1. The maximum Gasteiger partial charge on any atom is 0.253 e. The molecule has 2 bridgehead atoms. The summed E-state index contributed by atoms with van der Waals surface area (Å²) in [6, 6.07) is 2.60. The number of carbonyl (C=O) groups excluding carboxylic acids is 13. The summed E-state index contributed by atoms with van der Waals surface area (Å²) in [5.74, 6) is -11.9. The number of nitrogens with one attached hydrogen (secondary N) is 12. The van der Waals surface area contributed by atoms with Crippen molar-refractivity contribution < 1.29 is 77.6 Å². The van der Waals surface area contributed by atoms with Gasteiger partial charge in [-0.3, -0.25) is 67.2 Å². The van der Waals surface area contributed by atoms with Crippen LogP contribution in [0.4, 0.5) is 5.69 Å². The van der Waals surface area contributed by atoms with E-state index in [1.165, 1.54) is 43.8 Å². The van der Waals surface area contributed by atoms with E-state index >= 15 is 0 Å². The zero-order valence-corrected chi connectivity index (χ0v) is 53.4. The average molecular weight is 1310 g/mol. The number of carbonyl (C=O) groups is 13. The van der Waals surface area contributed by atoms with Gasteiger partial charge < -0.3 is 83.7 Å². The highest BCUT2D eigenvalue weighted by atomic mass is 32.2. The number of benzene rings is 2. The highest BCUT2D eigenvalue weighted by Gasteiger charge is 2.45. The first-order valence-electron chi connectivity index (χ1n) is 30.6. The van der Waals surface area contributed by atoms with E-state index < -0.39 is 188 Å². The molecule has 12 atom stereocenters. The number of hydrogen-bond donors (Lipinski definition) is 15.